The van der Waals surface area contributed by atoms with Crippen LogP contribution in [0.5, 0.6) is 0 Å². The molecule has 34 heavy (non-hydrogen) atoms. The summed E-state index contributed by atoms with van der Waals surface area (Å²) >= 11 is 3.19. The Labute approximate surface area is 205 Å². The number of hydrogen-bond donors (Lipinski definition) is 0. The Morgan fingerprint density at radius 3 is 2.24 bits per heavy atom. The molecule has 0 saturated heterocycles. The molecule has 180 valence electrons. The molecule has 0 fully saturated rings. The zero-order valence-electron chi connectivity index (χ0n) is 18.9. The molecule has 5 nitrogen and oxygen atoms in total. The molecule has 0 aliphatic heterocycles. The van der Waals surface area contributed by atoms with Crippen LogP contribution in [0.2, 0.25) is 0 Å². The fraction of sp³-hybridized carbons (Fsp3) is 0.240. The van der Waals surface area contributed by atoms with Crippen LogP contribution in [0.1, 0.15) is 40.9 Å². The van der Waals surface area contributed by atoms with Gasteiger partial charge in [0.15, 0.2) is 0 Å². The van der Waals surface area contributed by atoms with E-state index in [-0.39, 0.29) is 17.7 Å². The largest absolute Gasteiger partial charge is 0.465 e. The number of alkyl halides is 2. The van der Waals surface area contributed by atoms with E-state index in [0.717, 1.165) is 16.5 Å². The SMILES string of the molecule is CCOP(=O)(OCC)C(F)(F)c1cc2cc(/C=C/c3cccc(C(=O)OC)c3)ccc2cc1Br. The van der Waals surface area contributed by atoms with Crippen LogP contribution in [-0.2, 0) is 24.0 Å². The number of methoxy groups -OCH3 is 1. The lowest BCUT2D eigenvalue weighted by Gasteiger charge is -2.27. The van der Waals surface area contributed by atoms with Crippen molar-refractivity contribution in [3.8, 4) is 0 Å². The van der Waals surface area contributed by atoms with Crippen molar-refractivity contribution in [2.45, 2.75) is 19.5 Å². The van der Waals surface area contributed by atoms with Crippen molar-refractivity contribution in [2.24, 2.45) is 0 Å². The van der Waals surface area contributed by atoms with Crippen molar-refractivity contribution in [3.05, 3.63) is 81.3 Å². The van der Waals surface area contributed by atoms with Crippen LogP contribution in [0.3, 0.4) is 0 Å². The van der Waals surface area contributed by atoms with E-state index in [1.807, 2.05) is 12.1 Å². The molecule has 3 rings (SSSR count). The summed E-state index contributed by atoms with van der Waals surface area (Å²) in [4.78, 5) is 11.7. The molecule has 0 bridgehead atoms. The summed E-state index contributed by atoms with van der Waals surface area (Å²) in [5.74, 6) is -0.434. The number of benzene rings is 3. The Kier molecular flexibility index (Phi) is 8.42. The quantitative estimate of drug-likeness (QED) is 0.153. The summed E-state index contributed by atoms with van der Waals surface area (Å²) in [6.07, 6.45) is 3.61. The van der Waals surface area contributed by atoms with E-state index in [2.05, 4.69) is 15.9 Å². The van der Waals surface area contributed by atoms with Gasteiger partial charge in [0, 0.05) is 10.0 Å². The summed E-state index contributed by atoms with van der Waals surface area (Å²) in [6.45, 7) is 2.61. The number of esters is 1. The van der Waals surface area contributed by atoms with Gasteiger partial charge in [-0.15, -0.1) is 0 Å². The Hall–Kier alpha value is -2.38. The maximum Gasteiger partial charge on any atom is 0.404 e. The van der Waals surface area contributed by atoms with E-state index in [4.69, 9.17) is 13.8 Å². The Morgan fingerprint density at radius 1 is 0.971 bits per heavy atom. The first kappa shape index (κ1) is 26.2. The first-order chi connectivity index (χ1) is 16.1. The Morgan fingerprint density at radius 2 is 1.62 bits per heavy atom. The molecule has 3 aromatic rings. The zero-order chi connectivity index (χ0) is 24.9. The van der Waals surface area contributed by atoms with Crippen LogP contribution in [0.4, 0.5) is 8.78 Å². The molecular weight excluding hydrogens is 529 g/mol. The molecule has 0 saturated carbocycles. The number of fused-ring (bicyclic) bond motifs is 1. The first-order valence-electron chi connectivity index (χ1n) is 10.5. The molecule has 0 aliphatic rings. The molecule has 0 radical (unpaired) electrons. The number of rotatable bonds is 9. The molecule has 0 unspecified atom stereocenters. The molecule has 0 amide bonds. The van der Waals surface area contributed by atoms with Gasteiger partial charge in [0.05, 0.1) is 25.9 Å². The number of ether oxygens (including phenoxy) is 1. The molecule has 9 heteroatoms. The van der Waals surface area contributed by atoms with Gasteiger partial charge in [-0.1, -0.05) is 52.3 Å². The van der Waals surface area contributed by atoms with Gasteiger partial charge in [0.1, 0.15) is 0 Å². The molecule has 0 heterocycles. The molecule has 0 aromatic heterocycles. The highest BCUT2D eigenvalue weighted by atomic mass is 79.9. The fourth-order valence-corrected chi connectivity index (χ4v) is 5.71. The lowest BCUT2D eigenvalue weighted by Crippen LogP contribution is -2.19. The molecule has 0 spiro atoms. The van der Waals surface area contributed by atoms with Gasteiger partial charge in [-0.2, -0.15) is 8.78 Å². The van der Waals surface area contributed by atoms with Gasteiger partial charge in [-0.3, -0.25) is 4.57 Å². The molecule has 0 atom stereocenters. The second-order valence-corrected chi connectivity index (χ2v) is 10.2. The first-order valence-corrected chi connectivity index (χ1v) is 12.9. The third-order valence-corrected chi connectivity index (χ3v) is 7.77. The summed E-state index contributed by atoms with van der Waals surface area (Å²) in [5, 5.41) is 1.25. The summed E-state index contributed by atoms with van der Waals surface area (Å²) in [7, 11) is -3.43. The number of carbonyl (C=O) groups is 1. The smallest absolute Gasteiger partial charge is 0.404 e. The molecular formula is C25H24BrF2O5P. The van der Waals surface area contributed by atoms with Crippen molar-refractivity contribution < 1.29 is 31.9 Å². The third-order valence-electron chi connectivity index (χ3n) is 4.99. The maximum absolute atomic E-state index is 15.4. The fourth-order valence-electron chi connectivity index (χ4n) is 3.39. The van der Waals surface area contributed by atoms with Crippen molar-refractivity contribution >= 4 is 52.4 Å². The minimum Gasteiger partial charge on any atom is -0.465 e. The second kappa shape index (κ2) is 10.9. The van der Waals surface area contributed by atoms with Crippen LogP contribution in [0, 0.1) is 0 Å². The third kappa shape index (κ3) is 5.47. The average molecular weight is 553 g/mol. The maximum atomic E-state index is 15.4. The van der Waals surface area contributed by atoms with Crippen LogP contribution in [-0.4, -0.2) is 26.3 Å². The predicted octanol–water partition coefficient (Wildman–Crippen LogP) is 7.87. The van der Waals surface area contributed by atoms with Gasteiger partial charge < -0.3 is 13.8 Å². The zero-order valence-corrected chi connectivity index (χ0v) is 21.4. The minimum atomic E-state index is -4.74. The minimum absolute atomic E-state index is 0.104. The number of halogens is 3. The van der Waals surface area contributed by atoms with Crippen molar-refractivity contribution in [1.82, 2.24) is 0 Å². The van der Waals surface area contributed by atoms with E-state index < -0.39 is 24.8 Å². The van der Waals surface area contributed by atoms with Crippen molar-refractivity contribution in [3.63, 3.8) is 0 Å². The number of hydrogen-bond acceptors (Lipinski definition) is 5. The Bertz CT molecular complexity index is 1270. The topological polar surface area (TPSA) is 61.8 Å². The van der Waals surface area contributed by atoms with E-state index in [0.29, 0.717) is 10.9 Å². The van der Waals surface area contributed by atoms with Gasteiger partial charge in [0.25, 0.3) is 0 Å². The lowest BCUT2D eigenvalue weighted by molar-refractivity contribution is 0.0356. The van der Waals surface area contributed by atoms with Gasteiger partial charge in [0.2, 0.25) is 0 Å². The van der Waals surface area contributed by atoms with E-state index in [1.54, 1.807) is 48.6 Å². The van der Waals surface area contributed by atoms with E-state index in [9.17, 15) is 9.36 Å². The highest BCUT2D eigenvalue weighted by molar-refractivity contribution is 9.10. The number of carbonyl (C=O) groups excluding carboxylic acids is 1. The molecule has 0 N–H and O–H groups in total. The average Bonchev–Trinajstić information content (AvgIpc) is 2.82. The second-order valence-electron chi connectivity index (χ2n) is 7.26. The van der Waals surface area contributed by atoms with Crippen molar-refractivity contribution in [1.29, 1.82) is 0 Å². The van der Waals surface area contributed by atoms with E-state index >= 15 is 8.78 Å². The predicted molar refractivity (Wildman–Crippen MR) is 133 cm³/mol. The van der Waals surface area contributed by atoms with Gasteiger partial charge >= 0.3 is 19.2 Å². The normalized spacial score (nSPS) is 12.4. The molecule has 3 aromatic carbocycles. The summed E-state index contributed by atoms with van der Waals surface area (Å²) < 4.78 is 58.3. The Balaban J connectivity index is 2.00. The summed E-state index contributed by atoms with van der Waals surface area (Å²) in [5.41, 5.74) is -2.37. The highest BCUT2D eigenvalue weighted by Gasteiger charge is 2.55. The lowest BCUT2D eigenvalue weighted by atomic mass is 10.0. The van der Waals surface area contributed by atoms with Crippen LogP contribution in [0.15, 0.2) is 59.1 Å². The van der Waals surface area contributed by atoms with Crippen LogP contribution in [0.25, 0.3) is 22.9 Å². The van der Waals surface area contributed by atoms with Crippen LogP contribution >= 0.6 is 23.5 Å². The van der Waals surface area contributed by atoms with Gasteiger partial charge in [-0.05, 0) is 66.1 Å². The van der Waals surface area contributed by atoms with Gasteiger partial charge in [-0.25, -0.2) is 4.79 Å². The summed E-state index contributed by atoms with van der Waals surface area (Å²) in [6, 6.07) is 15.2. The van der Waals surface area contributed by atoms with E-state index in [1.165, 1.54) is 27.0 Å². The monoisotopic (exact) mass is 552 g/mol. The highest BCUT2D eigenvalue weighted by Crippen LogP contribution is 2.67. The standard InChI is InChI=1S/C25H24BrF2O5P/c1-4-32-34(30,33-5-2)25(27,28)22-15-21-14-18(11-12-19(21)16-23(22)26)10-9-17-7-6-8-20(13-17)24(29)31-3/h6-16H,4-5H2,1-3H3/b10-9+. The van der Waals surface area contributed by atoms with Crippen LogP contribution < -0.4 is 0 Å². The molecule has 0 aliphatic carbocycles. The van der Waals surface area contributed by atoms with Crippen molar-refractivity contribution in [2.75, 3.05) is 20.3 Å².